The van der Waals surface area contributed by atoms with Gasteiger partial charge in [-0.05, 0) is 19.4 Å². The SMILES string of the molecule is Bc1cccc(C(C)(N)Cn2ccnc2C)c1. The van der Waals surface area contributed by atoms with Crippen molar-refractivity contribution in [2.75, 3.05) is 0 Å². The third-order valence-corrected chi connectivity index (χ3v) is 3.10. The molecule has 17 heavy (non-hydrogen) atoms. The highest BCUT2D eigenvalue weighted by molar-refractivity contribution is 6.32. The average Bonchev–Trinajstić information content (AvgIpc) is 2.64. The summed E-state index contributed by atoms with van der Waals surface area (Å²) in [6.07, 6.45) is 3.78. The van der Waals surface area contributed by atoms with E-state index in [2.05, 4.69) is 48.6 Å². The van der Waals surface area contributed by atoms with Crippen molar-refractivity contribution in [1.29, 1.82) is 0 Å². The van der Waals surface area contributed by atoms with Gasteiger partial charge in [0.1, 0.15) is 13.7 Å². The van der Waals surface area contributed by atoms with E-state index in [1.807, 2.05) is 19.3 Å². The first kappa shape index (κ1) is 11.9. The number of benzene rings is 1. The molecule has 1 aromatic carbocycles. The molecule has 0 spiro atoms. The molecule has 0 radical (unpaired) electrons. The molecule has 0 amide bonds. The second kappa shape index (κ2) is 4.38. The Hall–Kier alpha value is -1.55. The highest BCUT2D eigenvalue weighted by Crippen LogP contribution is 2.19. The summed E-state index contributed by atoms with van der Waals surface area (Å²) in [6.45, 7) is 4.79. The zero-order valence-electron chi connectivity index (χ0n) is 10.6. The van der Waals surface area contributed by atoms with E-state index in [0.29, 0.717) is 0 Å². The predicted octanol–water partition coefficient (Wildman–Crippen LogP) is 0.324. The highest BCUT2D eigenvalue weighted by Gasteiger charge is 2.22. The molecule has 3 nitrogen and oxygen atoms in total. The lowest BCUT2D eigenvalue weighted by Crippen LogP contribution is -2.38. The fourth-order valence-electron chi connectivity index (χ4n) is 2.02. The molecule has 0 fully saturated rings. The van der Waals surface area contributed by atoms with Crippen LogP contribution in [0, 0.1) is 6.92 Å². The number of hydrogen-bond donors (Lipinski definition) is 1. The molecule has 1 heterocycles. The lowest BCUT2D eigenvalue weighted by atomic mass is 9.87. The zero-order chi connectivity index (χ0) is 12.5. The van der Waals surface area contributed by atoms with Crippen molar-refractivity contribution in [3.63, 3.8) is 0 Å². The van der Waals surface area contributed by atoms with E-state index in [4.69, 9.17) is 5.73 Å². The summed E-state index contributed by atoms with van der Waals surface area (Å²) in [6, 6.07) is 8.37. The van der Waals surface area contributed by atoms with E-state index in [9.17, 15) is 0 Å². The number of aryl methyl sites for hydroxylation is 1. The van der Waals surface area contributed by atoms with Gasteiger partial charge in [0.05, 0.1) is 5.54 Å². The first-order valence-corrected chi connectivity index (χ1v) is 5.83. The molecule has 1 aromatic heterocycles. The Morgan fingerprint density at radius 3 is 2.82 bits per heavy atom. The number of hydrogen-bond acceptors (Lipinski definition) is 2. The van der Waals surface area contributed by atoms with Crippen molar-refractivity contribution in [3.8, 4) is 0 Å². The second-order valence-electron chi connectivity index (χ2n) is 4.89. The Labute approximate surface area is 103 Å². The summed E-state index contributed by atoms with van der Waals surface area (Å²) < 4.78 is 2.09. The lowest BCUT2D eigenvalue weighted by Gasteiger charge is -2.26. The zero-order valence-corrected chi connectivity index (χ0v) is 10.6. The van der Waals surface area contributed by atoms with Crippen LogP contribution in [-0.2, 0) is 12.1 Å². The fraction of sp³-hybridized carbons (Fsp3) is 0.308. The van der Waals surface area contributed by atoms with Crippen molar-refractivity contribution >= 4 is 13.3 Å². The molecule has 88 valence electrons. The molecule has 0 aliphatic rings. The molecule has 0 aliphatic heterocycles. The van der Waals surface area contributed by atoms with Crippen LogP contribution in [0.1, 0.15) is 18.3 Å². The van der Waals surface area contributed by atoms with Crippen LogP contribution in [0.3, 0.4) is 0 Å². The minimum Gasteiger partial charge on any atom is -0.333 e. The molecular weight excluding hydrogens is 209 g/mol. The first-order valence-electron chi connectivity index (χ1n) is 5.83. The van der Waals surface area contributed by atoms with Gasteiger partial charge in [0.25, 0.3) is 0 Å². The number of nitrogens with zero attached hydrogens (tertiary/aromatic N) is 2. The van der Waals surface area contributed by atoms with Crippen molar-refractivity contribution in [2.24, 2.45) is 5.73 Å². The summed E-state index contributed by atoms with van der Waals surface area (Å²) >= 11 is 0. The topological polar surface area (TPSA) is 43.8 Å². The number of rotatable bonds is 3. The number of aromatic nitrogens is 2. The molecular formula is C13H18BN3. The van der Waals surface area contributed by atoms with Gasteiger partial charge in [0.2, 0.25) is 0 Å². The van der Waals surface area contributed by atoms with Crippen LogP contribution in [-0.4, -0.2) is 17.4 Å². The van der Waals surface area contributed by atoms with Gasteiger partial charge >= 0.3 is 0 Å². The van der Waals surface area contributed by atoms with Gasteiger partial charge in [0.15, 0.2) is 0 Å². The van der Waals surface area contributed by atoms with E-state index in [1.54, 1.807) is 0 Å². The summed E-state index contributed by atoms with van der Waals surface area (Å²) in [5, 5.41) is 0. The lowest BCUT2D eigenvalue weighted by molar-refractivity contribution is 0.407. The standard InChI is InChI=1S/C13H18BN3/c1-10-16-6-7-17(10)9-13(2,15)11-4-3-5-12(14)8-11/h3-8H,9,14-15H2,1-2H3. The quantitative estimate of drug-likeness (QED) is 0.767. The second-order valence-corrected chi connectivity index (χ2v) is 4.89. The van der Waals surface area contributed by atoms with Gasteiger partial charge in [-0.25, -0.2) is 4.98 Å². The predicted molar refractivity (Wildman–Crippen MR) is 73.1 cm³/mol. The van der Waals surface area contributed by atoms with Gasteiger partial charge in [-0.2, -0.15) is 0 Å². The average molecular weight is 227 g/mol. The highest BCUT2D eigenvalue weighted by atomic mass is 15.1. The Balaban J connectivity index is 2.27. The van der Waals surface area contributed by atoms with Gasteiger partial charge in [-0.3, -0.25) is 0 Å². The van der Waals surface area contributed by atoms with Gasteiger partial charge in [0, 0.05) is 18.9 Å². The van der Waals surface area contributed by atoms with Gasteiger partial charge in [-0.15, -0.1) is 0 Å². The summed E-state index contributed by atoms with van der Waals surface area (Å²) in [4.78, 5) is 4.22. The van der Waals surface area contributed by atoms with E-state index in [-0.39, 0.29) is 5.54 Å². The first-order chi connectivity index (χ1) is 7.99. The molecule has 1 atom stereocenters. The van der Waals surface area contributed by atoms with E-state index in [1.165, 1.54) is 5.46 Å². The van der Waals surface area contributed by atoms with Crippen molar-refractivity contribution in [3.05, 3.63) is 48.0 Å². The maximum atomic E-state index is 6.42. The Kier molecular flexibility index (Phi) is 3.07. The molecule has 0 saturated carbocycles. The van der Waals surface area contributed by atoms with Crippen molar-refractivity contribution in [1.82, 2.24) is 9.55 Å². The van der Waals surface area contributed by atoms with Crippen LogP contribution in [0.25, 0.3) is 0 Å². The van der Waals surface area contributed by atoms with Crippen LogP contribution in [0.15, 0.2) is 36.7 Å². The Bertz CT molecular complexity index is 517. The number of nitrogens with two attached hydrogens (primary N) is 1. The molecule has 2 aromatic rings. The molecule has 2 rings (SSSR count). The molecule has 0 saturated heterocycles. The van der Waals surface area contributed by atoms with E-state index in [0.717, 1.165) is 17.9 Å². The largest absolute Gasteiger partial charge is 0.333 e. The number of imidazole rings is 1. The fourth-order valence-corrected chi connectivity index (χ4v) is 2.02. The van der Waals surface area contributed by atoms with Crippen LogP contribution >= 0.6 is 0 Å². The molecule has 1 unspecified atom stereocenters. The third kappa shape index (κ3) is 2.58. The minimum absolute atomic E-state index is 0.377. The van der Waals surface area contributed by atoms with E-state index >= 15 is 0 Å². The summed E-state index contributed by atoms with van der Waals surface area (Å²) in [5.74, 6) is 0.995. The molecule has 0 aliphatic carbocycles. The van der Waals surface area contributed by atoms with Crippen LogP contribution in [0.5, 0.6) is 0 Å². The summed E-state index contributed by atoms with van der Waals surface area (Å²) in [5.41, 5.74) is 8.44. The van der Waals surface area contributed by atoms with Crippen molar-refractivity contribution < 1.29 is 0 Å². The van der Waals surface area contributed by atoms with Gasteiger partial charge in [-0.1, -0.05) is 29.7 Å². The molecule has 4 heteroatoms. The van der Waals surface area contributed by atoms with Gasteiger partial charge < -0.3 is 10.3 Å². The Morgan fingerprint density at radius 1 is 1.47 bits per heavy atom. The third-order valence-electron chi connectivity index (χ3n) is 3.10. The smallest absolute Gasteiger partial charge is 0.139 e. The van der Waals surface area contributed by atoms with Crippen LogP contribution < -0.4 is 11.2 Å². The normalized spacial score (nSPS) is 14.5. The van der Waals surface area contributed by atoms with Crippen LogP contribution in [0.2, 0.25) is 0 Å². The summed E-state index contributed by atoms with van der Waals surface area (Å²) in [7, 11) is 2.09. The van der Waals surface area contributed by atoms with Crippen molar-refractivity contribution in [2.45, 2.75) is 25.9 Å². The maximum absolute atomic E-state index is 6.42. The maximum Gasteiger partial charge on any atom is 0.139 e. The monoisotopic (exact) mass is 227 g/mol. The molecule has 2 N–H and O–H groups in total. The Morgan fingerprint density at radius 2 is 2.24 bits per heavy atom. The van der Waals surface area contributed by atoms with Crippen LogP contribution in [0.4, 0.5) is 0 Å². The molecule has 0 bridgehead atoms. The minimum atomic E-state index is -0.377. The van der Waals surface area contributed by atoms with E-state index < -0.39 is 0 Å².